The number of ether oxygens (including phenoxy) is 3. The second-order valence-electron chi connectivity index (χ2n) is 7.50. The van der Waals surface area contributed by atoms with Gasteiger partial charge >= 0.3 is 6.09 Å². The van der Waals surface area contributed by atoms with Crippen molar-refractivity contribution in [3.05, 3.63) is 59.7 Å². The van der Waals surface area contributed by atoms with E-state index in [0.29, 0.717) is 17.4 Å². The summed E-state index contributed by atoms with van der Waals surface area (Å²) in [4.78, 5) is 12.5. The summed E-state index contributed by atoms with van der Waals surface area (Å²) in [6, 6.07) is 15.5. The first-order chi connectivity index (χ1) is 13.8. The maximum atomic E-state index is 12.5. The fourth-order valence-corrected chi connectivity index (χ4v) is 3.68. The van der Waals surface area contributed by atoms with Crippen LogP contribution in [0.2, 0.25) is 0 Å². The van der Waals surface area contributed by atoms with Crippen LogP contribution in [-0.2, 0) is 11.2 Å². The monoisotopic (exact) mass is 414 g/mol. The number of rotatable bonds is 5. The number of hydrogen-bond donors (Lipinski definition) is 0. The van der Waals surface area contributed by atoms with Crippen LogP contribution in [0.15, 0.2) is 52.9 Å². The lowest BCUT2D eigenvalue weighted by molar-refractivity contribution is 0.132. The topological polar surface area (TPSA) is 60.4 Å². The number of carbonyl (C=O) groups is 1. The van der Waals surface area contributed by atoms with Crippen molar-refractivity contribution < 1.29 is 19.0 Å². The van der Waals surface area contributed by atoms with Crippen LogP contribution in [0.5, 0.6) is 11.5 Å². The van der Waals surface area contributed by atoms with Gasteiger partial charge in [-0.1, -0.05) is 42.5 Å². The van der Waals surface area contributed by atoms with E-state index in [1.165, 1.54) is 4.31 Å². The van der Waals surface area contributed by atoms with Crippen LogP contribution in [0.4, 0.5) is 4.79 Å². The van der Waals surface area contributed by atoms with E-state index in [9.17, 15) is 4.79 Å². The Bertz CT molecular complexity index is 899. The zero-order valence-corrected chi connectivity index (χ0v) is 18.2. The van der Waals surface area contributed by atoms with Crippen molar-refractivity contribution >= 4 is 24.1 Å². The minimum Gasteiger partial charge on any atom is -0.483 e. The fourth-order valence-electron chi connectivity index (χ4n) is 3.14. The highest BCUT2D eigenvalue weighted by Gasteiger charge is 2.33. The SMILES string of the molecule is CO/C(=N\SN(C)C(=O)Oc1cccc2c1OC(C)(C)C2)C(C)c1ccccc1. The Kier molecular flexibility index (Phi) is 6.37. The van der Waals surface area contributed by atoms with Gasteiger partial charge in [-0.05, 0) is 32.4 Å². The van der Waals surface area contributed by atoms with Gasteiger partial charge < -0.3 is 14.2 Å². The maximum Gasteiger partial charge on any atom is 0.426 e. The molecule has 0 saturated carbocycles. The zero-order valence-electron chi connectivity index (χ0n) is 17.3. The Labute approximate surface area is 176 Å². The number of hydrogen-bond acceptors (Lipinski definition) is 6. The van der Waals surface area contributed by atoms with E-state index in [2.05, 4.69) is 4.40 Å². The van der Waals surface area contributed by atoms with Crippen LogP contribution in [0.3, 0.4) is 0 Å². The lowest BCUT2D eigenvalue weighted by Crippen LogP contribution is -2.25. The second kappa shape index (κ2) is 8.78. The summed E-state index contributed by atoms with van der Waals surface area (Å²) < 4.78 is 22.6. The molecule has 1 aliphatic heterocycles. The summed E-state index contributed by atoms with van der Waals surface area (Å²) in [6.45, 7) is 6.02. The van der Waals surface area contributed by atoms with Gasteiger partial charge in [0.05, 0.1) is 13.0 Å². The van der Waals surface area contributed by atoms with Crippen molar-refractivity contribution in [2.45, 2.75) is 38.7 Å². The summed E-state index contributed by atoms with van der Waals surface area (Å²) in [6.07, 6.45) is 0.236. The van der Waals surface area contributed by atoms with Crippen molar-refractivity contribution in [2.24, 2.45) is 4.40 Å². The first-order valence-electron chi connectivity index (χ1n) is 9.41. The first kappa shape index (κ1) is 21.0. The Hall–Kier alpha value is -2.67. The molecule has 1 atom stereocenters. The quantitative estimate of drug-likeness (QED) is 0.380. The molecule has 154 valence electrons. The lowest BCUT2D eigenvalue weighted by Gasteiger charge is -2.19. The van der Waals surface area contributed by atoms with Gasteiger partial charge in [0.1, 0.15) is 17.7 Å². The van der Waals surface area contributed by atoms with E-state index in [-0.39, 0.29) is 11.5 Å². The number of benzene rings is 2. The third kappa shape index (κ3) is 5.03. The number of carbonyl (C=O) groups excluding carboxylic acids is 1. The van der Waals surface area contributed by atoms with Gasteiger partial charge in [0.15, 0.2) is 11.5 Å². The predicted molar refractivity (Wildman–Crippen MR) is 116 cm³/mol. The van der Waals surface area contributed by atoms with Crippen LogP contribution in [-0.4, -0.2) is 36.1 Å². The molecule has 1 amide bonds. The predicted octanol–water partition coefficient (Wildman–Crippen LogP) is 5.24. The van der Waals surface area contributed by atoms with Crippen molar-refractivity contribution in [3.8, 4) is 11.5 Å². The molecule has 2 aromatic carbocycles. The standard InChI is InChI=1S/C22H26N2O4S/c1-15(16-10-7-6-8-11-16)20(26-5)23-29-24(4)21(25)27-18-13-9-12-17-14-22(2,3)28-19(17)18/h6-13,15H,14H2,1-5H3/b23-20-. The minimum atomic E-state index is -0.539. The van der Waals surface area contributed by atoms with Crippen LogP contribution in [0.1, 0.15) is 37.8 Å². The Morgan fingerprint density at radius 2 is 1.93 bits per heavy atom. The molecule has 0 spiro atoms. The second-order valence-corrected chi connectivity index (χ2v) is 8.39. The third-order valence-corrected chi connectivity index (χ3v) is 5.30. The highest BCUT2D eigenvalue weighted by atomic mass is 32.2. The Morgan fingerprint density at radius 1 is 1.21 bits per heavy atom. The molecule has 0 radical (unpaired) electrons. The van der Waals surface area contributed by atoms with Crippen LogP contribution in [0.25, 0.3) is 0 Å². The molecule has 2 aromatic rings. The van der Waals surface area contributed by atoms with E-state index in [0.717, 1.165) is 29.7 Å². The van der Waals surface area contributed by atoms with Crippen molar-refractivity contribution in [2.75, 3.05) is 14.2 Å². The highest BCUT2D eigenvalue weighted by molar-refractivity contribution is 7.96. The average molecular weight is 415 g/mol. The number of para-hydroxylation sites is 1. The molecule has 0 aromatic heterocycles. The van der Waals surface area contributed by atoms with Gasteiger partial charge in [0, 0.05) is 19.0 Å². The van der Waals surface area contributed by atoms with Gasteiger partial charge in [-0.2, -0.15) is 4.40 Å². The molecule has 1 unspecified atom stereocenters. The molecule has 1 aliphatic rings. The zero-order chi connectivity index (χ0) is 21.0. The third-order valence-electron chi connectivity index (χ3n) is 4.64. The number of nitrogens with zero attached hydrogens (tertiary/aromatic N) is 2. The first-order valence-corrected chi connectivity index (χ1v) is 10.1. The van der Waals surface area contributed by atoms with Gasteiger partial charge in [0.25, 0.3) is 0 Å². The highest BCUT2D eigenvalue weighted by Crippen LogP contribution is 2.42. The lowest BCUT2D eigenvalue weighted by atomic mass is 10.0. The van der Waals surface area contributed by atoms with E-state index >= 15 is 0 Å². The van der Waals surface area contributed by atoms with E-state index in [4.69, 9.17) is 14.2 Å². The average Bonchev–Trinajstić information content (AvgIpc) is 3.03. The van der Waals surface area contributed by atoms with Crippen molar-refractivity contribution in [3.63, 3.8) is 0 Å². The van der Waals surface area contributed by atoms with Crippen LogP contribution >= 0.6 is 12.1 Å². The summed E-state index contributed by atoms with van der Waals surface area (Å²) in [7, 11) is 3.18. The molecule has 29 heavy (non-hydrogen) atoms. The van der Waals surface area contributed by atoms with Gasteiger partial charge in [-0.25, -0.2) is 9.10 Å². The van der Waals surface area contributed by atoms with E-state index < -0.39 is 6.09 Å². The maximum absolute atomic E-state index is 12.5. The molecule has 0 fully saturated rings. The molecule has 6 nitrogen and oxygen atoms in total. The minimum absolute atomic E-state index is 0.0360. The Morgan fingerprint density at radius 3 is 2.62 bits per heavy atom. The molecule has 0 aliphatic carbocycles. The molecule has 0 saturated heterocycles. The Balaban J connectivity index is 1.66. The summed E-state index contributed by atoms with van der Waals surface area (Å²) >= 11 is 0.973. The molecular formula is C22H26N2O4S. The molecule has 1 heterocycles. The van der Waals surface area contributed by atoms with Crippen molar-refractivity contribution in [1.29, 1.82) is 0 Å². The largest absolute Gasteiger partial charge is 0.483 e. The van der Waals surface area contributed by atoms with Crippen molar-refractivity contribution in [1.82, 2.24) is 4.31 Å². The van der Waals surface area contributed by atoms with Crippen LogP contribution < -0.4 is 9.47 Å². The summed E-state index contributed by atoms with van der Waals surface area (Å²) in [5.74, 6) is 1.53. The molecule has 0 bridgehead atoms. The normalized spacial score (nSPS) is 15.8. The summed E-state index contributed by atoms with van der Waals surface area (Å²) in [5.41, 5.74) is 1.81. The number of methoxy groups -OCH3 is 1. The van der Waals surface area contributed by atoms with Gasteiger partial charge in [-0.15, -0.1) is 0 Å². The number of fused-ring (bicyclic) bond motifs is 1. The molecule has 0 N–H and O–H groups in total. The van der Waals surface area contributed by atoms with Gasteiger partial charge in [0.2, 0.25) is 5.90 Å². The van der Waals surface area contributed by atoms with E-state index in [1.54, 1.807) is 20.2 Å². The molecular weight excluding hydrogens is 388 g/mol. The smallest absolute Gasteiger partial charge is 0.426 e. The molecule has 3 rings (SSSR count). The summed E-state index contributed by atoms with van der Waals surface area (Å²) in [5, 5.41) is 0. The van der Waals surface area contributed by atoms with E-state index in [1.807, 2.05) is 63.2 Å². The van der Waals surface area contributed by atoms with Crippen LogP contribution in [0, 0.1) is 0 Å². The number of amides is 1. The fraction of sp³-hybridized carbons (Fsp3) is 0.364. The molecule has 7 heteroatoms. The van der Waals surface area contributed by atoms with Gasteiger partial charge in [-0.3, -0.25) is 0 Å².